The van der Waals surface area contributed by atoms with Crippen molar-refractivity contribution in [3.63, 3.8) is 0 Å². The second-order valence-corrected chi connectivity index (χ2v) is 5.80. The highest BCUT2D eigenvalue weighted by atomic mass is 35.5. The van der Waals surface area contributed by atoms with Crippen molar-refractivity contribution in [1.29, 1.82) is 0 Å². The molecule has 114 valence electrons. The van der Waals surface area contributed by atoms with Crippen LogP contribution in [0.5, 0.6) is 0 Å². The van der Waals surface area contributed by atoms with Gasteiger partial charge in [0.15, 0.2) is 0 Å². The van der Waals surface area contributed by atoms with Crippen molar-refractivity contribution in [2.24, 2.45) is 5.73 Å². The van der Waals surface area contributed by atoms with Crippen LogP contribution < -0.4 is 5.73 Å². The predicted molar refractivity (Wildman–Crippen MR) is 83.2 cm³/mol. The lowest BCUT2D eigenvalue weighted by Crippen LogP contribution is -2.46. The van der Waals surface area contributed by atoms with Gasteiger partial charge in [0.25, 0.3) is 0 Å². The molecule has 2 fully saturated rings. The number of hydrogen-bond donors (Lipinski definition) is 1. The maximum absolute atomic E-state index is 12.0. The number of piperidine rings is 1. The Labute approximate surface area is 128 Å². The number of nitrogens with two attached hydrogens (primary N) is 1. The van der Waals surface area contributed by atoms with Crippen LogP contribution >= 0.6 is 24.8 Å². The van der Waals surface area contributed by atoms with Gasteiger partial charge in [-0.25, -0.2) is 0 Å². The van der Waals surface area contributed by atoms with Gasteiger partial charge >= 0.3 is 0 Å². The van der Waals surface area contributed by atoms with E-state index in [1.54, 1.807) is 0 Å². The van der Waals surface area contributed by atoms with Gasteiger partial charge in [0, 0.05) is 19.6 Å². The molecular formula is C13H27Cl2N3O. The Kier molecular flexibility index (Phi) is 7.66. The summed E-state index contributed by atoms with van der Waals surface area (Å²) in [5, 5.41) is 0. The van der Waals surface area contributed by atoms with Gasteiger partial charge in [-0.3, -0.25) is 4.79 Å². The minimum Gasteiger partial charge on any atom is -0.344 e. The number of carbonyl (C=O) groups is 1. The Bertz CT molecular complexity index is 298. The molecule has 1 aliphatic heterocycles. The van der Waals surface area contributed by atoms with Crippen LogP contribution in [0.25, 0.3) is 0 Å². The number of rotatable bonds is 4. The first kappa shape index (κ1) is 19.0. The van der Waals surface area contributed by atoms with E-state index in [0.29, 0.717) is 6.04 Å². The molecule has 1 heterocycles. The number of likely N-dealkylation sites (tertiary alicyclic amines) is 1. The summed E-state index contributed by atoms with van der Waals surface area (Å²) in [6.07, 6.45) is 6.71. The van der Waals surface area contributed by atoms with E-state index < -0.39 is 5.54 Å². The number of carbonyl (C=O) groups excluding carboxylic acids is 1. The molecule has 0 aromatic rings. The summed E-state index contributed by atoms with van der Waals surface area (Å²) >= 11 is 0. The molecule has 4 nitrogen and oxygen atoms in total. The summed E-state index contributed by atoms with van der Waals surface area (Å²) in [5.74, 6) is 0.135. The van der Waals surface area contributed by atoms with E-state index in [2.05, 4.69) is 11.9 Å². The van der Waals surface area contributed by atoms with Crippen LogP contribution in [0.2, 0.25) is 0 Å². The van der Waals surface area contributed by atoms with Crippen LogP contribution in [-0.2, 0) is 4.79 Å². The summed E-state index contributed by atoms with van der Waals surface area (Å²) in [5.41, 5.74) is 5.42. The van der Waals surface area contributed by atoms with Crippen molar-refractivity contribution in [2.75, 3.05) is 27.2 Å². The summed E-state index contributed by atoms with van der Waals surface area (Å²) in [4.78, 5) is 16.2. The summed E-state index contributed by atoms with van der Waals surface area (Å²) < 4.78 is 0. The zero-order chi connectivity index (χ0) is 12.5. The van der Waals surface area contributed by atoms with Gasteiger partial charge < -0.3 is 15.5 Å². The van der Waals surface area contributed by atoms with Crippen molar-refractivity contribution in [3.05, 3.63) is 0 Å². The highest BCUT2D eigenvalue weighted by Crippen LogP contribution is 2.33. The lowest BCUT2D eigenvalue weighted by atomic mass is 10.00. The number of likely N-dealkylation sites (N-methyl/N-ethyl adjacent to an activating group) is 1. The second-order valence-electron chi connectivity index (χ2n) is 5.80. The monoisotopic (exact) mass is 311 g/mol. The molecule has 6 heteroatoms. The summed E-state index contributed by atoms with van der Waals surface area (Å²) in [6.45, 7) is 2.04. The summed E-state index contributed by atoms with van der Waals surface area (Å²) in [7, 11) is 4.08. The Hall–Kier alpha value is -0.0300. The molecule has 1 aliphatic carbocycles. The first-order chi connectivity index (χ1) is 8.03. The van der Waals surface area contributed by atoms with Gasteiger partial charge in [0.1, 0.15) is 0 Å². The van der Waals surface area contributed by atoms with E-state index in [0.717, 1.165) is 25.8 Å². The molecule has 2 N–H and O–H groups in total. The maximum atomic E-state index is 12.0. The highest BCUT2D eigenvalue weighted by molar-refractivity contribution is 5.88. The van der Waals surface area contributed by atoms with Crippen LogP contribution in [0.4, 0.5) is 0 Å². The maximum Gasteiger partial charge on any atom is 0.242 e. The molecule has 1 unspecified atom stereocenters. The third-order valence-electron chi connectivity index (χ3n) is 4.28. The predicted octanol–water partition coefficient (Wildman–Crippen LogP) is 1.65. The SMILES string of the molecule is CN(CCC1CCCCN1C)C(=O)C1(N)CC1.Cl.Cl. The van der Waals surface area contributed by atoms with Gasteiger partial charge in [0.05, 0.1) is 5.54 Å². The van der Waals surface area contributed by atoms with Gasteiger partial charge in [-0.1, -0.05) is 6.42 Å². The van der Waals surface area contributed by atoms with E-state index in [1.165, 1.54) is 25.8 Å². The van der Waals surface area contributed by atoms with E-state index in [1.807, 2.05) is 11.9 Å². The van der Waals surface area contributed by atoms with Gasteiger partial charge in [-0.2, -0.15) is 0 Å². The van der Waals surface area contributed by atoms with E-state index in [4.69, 9.17) is 5.73 Å². The molecule has 1 saturated carbocycles. The van der Waals surface area contributed by atoms with Crippen LogP contribution in [0.15, 0.2) is 0 Å². The van der Waals surface area contributed by atoms with Crippen molar-refractivity contribution in [3.8, 4) is 0 Å². The topological polar surface area (TPSA) is 49.6 Å². The molecule has 0 radical (unpaired) electrons. The van der Waals surface area contributed by atoms with Crippen LogP contribution in [0.1, 0.15) is 38.5 Å². The van der Waals surface area contributed by atoms with E-state index in [-0.39, 0.29) is 30.7 Å². The van der Waals surface area contributed by atoms with Crippen molar-refractivity contribution < 1.29 is 4.79 Å². The summed E-state index contributed by atoms with van der Waals surface area (Å²) in [6, 6.07) is 0.645. The lowest BCUT2D eigenvalue weighted by Gasteiger charge is -2.33. The van der Waals surface area contributed by atoms with Gasteiger partial charge in [-0.15, -0.1) is 24.8 Å². The van der Waals surface area contributed by atoms with Crippen LogP contribution in [0.3, 0.4) is 0 Å². The smallest absolute Gasteiger partial charge is 0.242 e. The first-order valence-electron chi connectivity index (χ1n) is 6.78. The lowest BCUT2D eigenvalue weighted by molar-refractivity contribution is -0.132. The minimum atomic E-state index is -0.507. The fraction of sp³-hybridized carbons (Fsp3) is 0.923. The number of hydrogen-bond acceptors (Lipinski definition) is 3. The molecule has 0 aromatic heterocycles. The third-order valence-corrected chi connectivity index (χ3v) is 4.28. The standard InChI is InChI=1S/C13H25N3O.2ClH/c1-15-9-4-3-5-11(15)6-10-16(2)12(17)13(14)7-8-13;;/h11H,3-10,14H2,1-2H3;2*1H. The van der Waals surface area contributed by atoms with E-state index in [9.17, 15) is 4.79 Å². The zero-order valence-corrected chi connectivity index (χ0v) is 13.6. The Morgan fingerprint density at radius 2 is 2.00 bits per heavy atom. The number of amides is 1. The fourth-order valence-electron chi connectivity index (χ4n) is 2.68. The fourth-order valence-corrected chi connectivity index (χ4v) is 2.68. The van der Waals surface area contributed by atoms with Crippen molar-refractivity contribution in [2.45, 2.75) is 50.1 Å². The normalized spacial score (nSPS) is 24.9. The molecule has 2 aliphatic rings. The van der Waals surface area contributed by atoms with Gasteiger partial charge in [-0.05, 0) is 45.7 Å². The Morgan fingerprint density at radius 3 is 2.53 bits per heavy atom. The molecular weight excluding hydrogens is 285 g/mol. The average Bonchev–Trinajstić information content (AvgIpc) is 3.06. The molecule has 19 heavy (non-hydrogen) atoms. The Balaban J connectivity index is 0.00000162. The van der Waals surface area contributed by atoms with Crippen molar-refractivity contribution in [1.82, 2.24) is 9.80 Å². The zero-order valence-electron chi connectivity index (χ0n) is 11.9. The van der Waals surface area contributed by atoms with Crippen LogP contribution in [-0.4, -0.2) is 54.5 Å². The number of nitrogens with zero attached hydrogens (tertiary/aromatic N) is 2. The third kappa shape index (κ3) is 4.78. The highest BCUT2D eigenvalue weighted by Gasteiger charge is 2.47. The molecule has 1 atom stereocenters. The first-order valence-corrected chi connectivity index (χ1v) is 6.78. The molecule has 0 aromatic carbocycles. The Morgan fingerprint density at radius 1 is 1.37 bits per heavy atom. The molecule has 0 bridgehead atoms. The molecule has 1 amide bonds. The molecule has 0 spiro atoms. The average molecular weight is 312 g/mol. The molecule has 2 rings (SSSR count). The quantitative estimate of drug-likeness (QED) is 0.859. The largest absolute Gasteiger partial charge is 0.344 e. The van der Waals surface area contributed by atoms with Gasteiger partial charge in [0.2, 0.25) is 5.91 Å². The van der Waals surface area contributed by atoms with E-state index >= 15 is 0 Å². The number of halogens is 2. The minimum absolute atomic E-state index is 0. The molecule has 1 saturated heterocycles. The van der Waals surface area contributed by atoms with Crippen LogP contribution in [0, 0.1) is 0 Å². The second kappa shape index (κ2) is 7.67. The van der Waals surface area contributed by atoms with Crippen molar-refractivity contribution >= 4 is 30.7 Å².